The molecule has 0 unspecified atom stereocenters. The number of benzene rings is 2. The molecule has 0 aliphatic rings. The van der Waals surface area contributed by atoms with Gasteiger partial charge in [0.1, 0.15) is 5.75 Å². The minimum atomic E-state index is -0.654. The van der Waals surface area contributed by atoms with Crippen LogP contribution >= 0.6 is 0 Å². The summed E-state index contributed by atoms with van der Waals surface area (Å²) in [6.45, 7) is 6.81. The van der Waals surface area contributed by atoms with Crippen molar-refractivity contribution in [2.45, 2.75) is 33.1 Å². The summed E-state index contributed by atoms with van der Waals surface area (Å²) in [7, 11) is 0. The van der Waals surface area contributed by atoms with Crippen molar-refractivity contribution in [3.63, 3.8) is 0 Å². The maximum Gasteiger partial charge on any atom is 0.344 e. The molecule has 2 rings (SSSR count). The average molecular weight is 383 g/mol. The molecule has 0 aliphatic heterocycles. The number of carbonyl (C=O) groups excluding carboxylic acids is 3. The van der Waals surface area contributed by atoms with Crippen LogP contribution in [0.1, 0.15) is 43.6 Å². The van der Waals surface area contributed by atoms with Gasteiger partial charge in [-0.3, -0.25) is 9.59 Å². The third kappa shape index (κ3) is 5.94. The van der Waals surface area contributed by atoms with E-state index in [4.69, 9.17) is 9.47 Å². The summed E-state index contributed by atoms with van der Waals surface area (Å²) < 4.78 is 10.5. The van der Waals surface area contributed by atoms with Crippen molar-refractivity contribution in [3.8, 4) is 5.75 Å². The number of anilines is 1. The van der Waals surface area contributed by atoms with Gasteiger partial charge in [-0.25, -0.2) is 4.79 Å². The van der Waals surface area contributed by atoms with Crippen LogP contribution in [0.15, 0.2) is 48.5 Å². The molecule has 0 saturated heterocycles. The third-order valence-corrected chi connectivity index (χ3v) is 3.99. The van der Waals surface area contributed by atoms with Crippen LogP contribution in [0.3, 0.4) is 0 Å². The lowest BCUT2D eigenvalue weighted by Gasteiger charge is -2.22. The number of rotatable bonds is 7. The predicted molar refractivity (Wildman–Crippen MR) is 107 cm³/mol. The number of carbonyl (C=O) groups is 3. The number of hydrogen-bond donors (Lipinski definition) is 1. The number of Topliss-reactive ketones (excluding diaryl/α,β-unsaturated/α-hetero) is 1. The van der Waals surface area contributed by atoms with E-state index in [1.54, 1.807) is 30.3 Å². The second kappa shape index (κ2) is 9.17. The van der Waals surface area contributed by atoms with Gasteiger partial charge in [-0.05, 0) is 36.1 Å². The van der Waals surface area contributed by atoms with Crippen molar-refractivity contribution in [3.05, 3.63) is 59.7 Å². The molecule has 148 valence electrons. The minimum Gasteiger partial charge on any atom is -0.482 e. The molecule has 1 N–H and O–H groups in total. The first-order chi connectivity index (χ1) is 13.2. The van der Waals surface area contributed by atoms with E-state index < -0.39 is 18.5 Å². The van der Waals surface area contributed by atoms with Gasteiger partial charge in [0.05, 0.1) is 5.69 Å². The lowest BCUT2D eigenvalue weighted by molar-refractivity contribution is -0.149. The Balaban J connectivity index is 1.87. The standard InChI is InChI=1S/C22H25NO5/c1-15(24)16-9-5-7-11-18(16)23-20(25)13-28-21(26)14-27-19-12-8-6-10-17(19)22(2,3)4/h5-12H,13-14H2,1-4H3,(H,23,25). The smallest absolute Gasteiger partial charge is 0.344 e. The van der Waals surface area contributed by atoms with E-state index in [-0.39, 0.29) is 17.8 Å². The van der Waals surface area contributed by atoms with Crippen LogP contribution in [0.4, 0.5) is 5.69 Å². The molecule has 2 aromatic carbocycles. The molecule has 6 nitrogen and oxygen atoms in total. The van der Waals surface area contributed by atoms with Crippen molar-refractivity contribution in [2.24, 2.45) is 0 Å². The van der Waals surface area contributed by atoms with E-state index in [2.05, 4.69) is 26.1 Å². The van der Waals surface area contributed by atoms with Crippen LogP contribution < -0.4 is 10.1 Å². The number of para-hydroxylation sites is 2. The third-order valence-electron chi connectivity index (χ3n) is 3.99. The fourth-order valence-electron chi connectivity index (χ4n) is 2.62. The molecule has 0 aliphatic carbocycles. The van der Waals surface area contributed by atoms with Crippen molar-refractivity contribution in [2.75, 3.05) is 18.5 Å². The Morgan fingerprint density at radius 2 is 1.57 bits per heavy atom. The molecule has 6 heteroatoms. The zero-order valence-electron chi connectivity index (χ0n) is 16.6. The maximum atomic E-state index is 12.0. The van der Waals surface area contributed by atoms with Gasteiger partial charge in [-0.15, -0.1) is 0 Å². The molecule has 0 fully saturated rings. The van der Waals surface area contributed by atoms with E-state index in [1.165, 1.54) is 6.92 Å². The summed E-state index contributed by atoms with van der Waals surface area (Å²) in [5.74, 6) is -0.749. The van der Waals surface area contributed by atoms with E-state index in [0.717, 1.165) is 5.56 Å². The lowest BCUT2D eigenvalue weighted by Crippen LogP contribution is -2.24. The number of amides is 1. The normalized spacial score (nSPS) is 10.9. The van der Waals surface area contributed by atoms with Crippen LogP contribution in [-0.2, 0) is 19.7 Å². The number of ether oxygens (including phenoxy) is 2. The first-order valence-electron chi connectivity index (χ1n) is 8.96. The van der Waals surface area contributed by atoms with Gasteiger partial charge in [-0.1, -0.05) is 51.1 Å². The molecule has 0 atom stereocenters. The second-order valence-electron chi connectivity index (χ2n) is 7.35. The topological polar surface area (TPSA) is 81.7 Å². The zero-order valence-corrected chi connectivity index (χ0v) is 16.6. The predicted octanol–water partition coefficient (Wildman–Crippen LogP) is 3.75. The van der Waals surface area contributed by atoms with Crippen LogP contribution in [0.5, 0.6) is 5.75 Å². The zero-order chi connectivity index (χ0) is 20.7. The van der Waals surface area contributed by atoms with Crippen molar-refractivity contribution < 1.29 is 23.9 Å². The van der Waals surface area contributed by atoms with Crippen molar-refractivity contribution >= 4 is 23.3 Å². The molecule has 0 radical (unpaired) electrons. The van der Waals surface area contributed by atoms with Gasteiger partial charge in [0.2, 0.25) is 0 Å². The second-order valence-corrected chi connectivity index (χ2v) is 7.35. The van der Waals surface area contributed by atoms with Crippen LogP contribution in [0.2, 0.25) is 0 Å². The molecule has 2 aromatic rings. The minimum absolute atomic E-state index is 0.134. The molecule has 0 saturated carbocycles. The molecule has 1 amide bonds. The summed E-state index contributed by atoms with van der Waals surface area (Å²) >= 11 is 0. The highest BCUT2D eigenvalue weighted by Gasteiger charge is 2.19. The lowest BCUT2D eigenvalue weighted by atomic mass is 9.86. The monoisotopic (exact) mass is 383 g/mol. The van der Waals surface area contributed by atoms with E-state index in [0.29, 0.717) is 17.0 Å². The Hall–Kier alpha value is -3.15. The van der Waals surface area contributed by atoms with Gasteiger partial charge in [0.25, 0.3) is 5.91 Å². The van der Waals surface area contributed by atoms with Crippen molar-refractivity contribution in [1.82, 2.24) is 0 Å². The summed E-state index contributed by atoms with van der Waals surface area (Å²) in [5, 5.41) is 2.57. The Morgan fingerprint density at radius 3 is 2.25 bits per heavy atom. The Labute approximate surface area is 164 Å². The molecule has 0 bridgehead atoms. The Kier molecular flexibility index (Phi) is 6.93. The molecule has 0 heterocycles. The first-order valence-corrected chi connectivity index (χ1v) is 8.96. The van der Waals surface area contributed by atoms with Crippen LogP contribution in [0.25, 0.3) is 0 Å². The van der Waals surface area contributed by atoms with Crippen molar-refractivity contribution in [1.29, 1.82) is 0 Å². The van der Waals surface area contributed by atoms with Gasteiger partial charge in [0.15, 0.2) is 19.0 Å². The number of nitrogens with one attached hydrogen (secondary N) is 1. The van der Waals surface area contributed by atoms with E-state index >= 15 is 0 Å². The van der Waals surface area contributed by atoms with Crippen LogP contribution in [-0.4, -0.2) is 30.9 Å². The molecular formula is C22H25NO5. The number of hydrogen-bond acceptors (Lipinski definition) is 5. The maximum absolute atomic E-state index is 12.0. The summed E-state index contributed by atoms with van der Waals surface area (Å²) in [4.78, 5) is 35.5. The molecule has 0 aromatic heterocycles. The number of ketones is 1. The van der Waals surface area contributed by atoms with E-state index in [9.17, 15) is 14.4 Å². The molecular weight excluding hydrogens is 358 g/mol. The van der Waals surface area contributed by atoms with E-state index in [1.807, 2.05) is 18.2 Å². The van der Waals surface area contributed by atoms with Gasteiger partial charge >= 0.3 is 5.97 Å². The highest BCUT2D eigenvalue weighted by Crippen LogP contribution is 2.30. The van der Waals surface area contributed by atoms with Crippen LogP contribution in [0, 0.1) is 0 Å². The quantitative estimate of drug-likeness (QED) is 0.582. The molecule has 0 spiro atoms. The Morgan fingerprint density at radius 1 is 0.929 bits per heavy atom. The van der Waals surface area contributed by atoms with Gasteiger partial charge in [0, 0.05) is 5.56 Å². The largest absolute Gasteiger partial charge is 0.482 e. The average Bonchev–Trinajstić information content (AvgIpc) is 2.64. The highest BCUT2D eigenvalue weighted by molar-refractivity contribution is 6.04. The molecule has 28 heavy (non-hydrogen) atoms. The van der Waals surface area contributed by atoms with Gasteiger partial charge in [-0.2, -0.15) is 0 Å². The summed E-state index contributed by atoms with van der Waals surface area (Å²) in [5.41, 5.74) is 1.61. The van der Waals surface area contributed by atoms with Gasteiger partial charge < -0.3 is 14.8 Å². The first kappa shape index (κ1) is 21.2. The fourth-order valence-corrected chi connectivity index (χ4v) is 2.62. The highest BCUT2D eigenvalue weighted by atomic mass is 16.6. The fraction of sp³-hybridized carbons (Fsp3) is 0.318. The SMILES string of the molecule is CC(=O)c1ccccc1NC(=O)COC(=O)COc1ccccc1C(C)(C)C. The summed E-state index contributed by atoms with van der Waals surface area (Å²) in [6, 6.07) is 14.1. The number of esters is 1. The Bertz CT molecular complexity index is 867. The summed E-state index contributed by atoms with van der Waals surface area (Å²) in [6.07, 6.45) is 0.